The second-order valence-corrected chi connectivity index (χ2v) is 13.3. The van der Waals surface area contributed by atoms with Gasteiger partial charge >= 0.3 is 5.97 Å². The Balaban J connectivity index is 1.43. The number of pyridine rings is 1. The molecule has 3 aliphatic rings. The van der Waals surface area contributed by atoms with Gasteiger partial charge in [0, 0.05) is 39.6 Å². The molecule has 10 nitrogen and oxygen atoms in total. The van der Waals surface area contributed by atoms with E-state index in [0.717, 1.165) is 30.7 Å². The number of rotatable bonds is 12. The van der Waals surface area contributed by atoms with Gasteiger partial charge in [-0.05, 0) is 79.7 Å². The molecule has 0 aliphatic carbocycles. The van der Waals surface area contributed by atoms with Crippen molar-refractivity contribution < 1.29 is 43.2 Å². The number of nitrogens with zero attached hydrogens (tertiary/aromatic N) is 2. The Labute approximate surface area is 298 Å². The normalized spacial score (nSPS) is 19.3. The van der Waals surface area contributed by atoms with Crippen LogP contribution in [0.5, 0.6) is 11.5 Å². The molecule has 3 aromatic carbocycles. The zero-order valence-corrected chi connectivity index (χ0v) is 28.9. The number of carbonyl (C=O) groups is 2. The number of hydrogen-bond acceptors (Lipinski definition) is 9. The molecule has 1 aromatic heterocycles. The van der Waals surface area contributed by atoms with E-state index in [9.17, 15) is 19.9 Å². The van der Waals surface area contributed by atoms with Gasteiger partial charge in [0.1, 0.15) is 22.0 Å². The van der Waals surface area contributed by atoms with Crippen LogP contribution in [0.15, 0.2) is 73.1 Å². The first kappa shape index (κ1) is 35.3. The Morgan fingerprint density at radius 2 is 1.70 bits per heavy atom. The van der Waals surface area contributed by atoms with Gasteiger partial charge in [0.25, 0.3) is 0 Å². The first-order valence-corrected chi connectivity index (χ1v) is 16.9. The van der Waals surface area contributed by atoms with Crippen LogP contribution in [0, 0.1) is 11.7 Å². The number of methoxy groups -OCH3 is 2. The van der Waals surface area contributed by atoms with Crippen molar-refractivity contribution in [2.45, 2.75) is 37.3 Å². The number of aromatic nitrogens is 1. The molecular weight excluding hydrogens is 688 g/mol. The van der Waals surface area contributed by atoms with Crippen molar-refractivity contribution in [3.63, 3.8) is 0 Å². The number of halogens is 3. The average Bonchev–Trinajstić information content (AvgIpc) is 3.10. The van der Waals surface area contributed by atoms with Crippen LogP contribution in [0.2, 0.25) is 10.0 Å². The van der Waals surface area contributed by atoms with E-state index in [0.29, 0.717) is 34.9 Å². The van der Waals surface area contributed by atoms with E-state index < -0.39 is 29.7 Å². The number of nitrogens with one attached hydrogen (secondary N) is 1. The van der Waals surface area contributed by atoms with Crippen molar-refractivity contribution in [1.82, 2.24) is 4.90 Å². The zero-order chi connectivity index (χ0) is 35.5. The molecule has 3 fully saturated rings. The Morgan fingerprint density at radius 3 is 2.32 bits per heavy atom. The second kappa shape index (κ2) is 15.1. The maximum atomic E-state index is 15.3. The summed E-state index contributed by atoms with van der Waals surface area (Å²) in [5.41, 5.74) is 1.61. The van der Waals surface area contributed by atoms with Crippen LogP contribution in [0.4, 0.5) is 10.1 Å². The van der Waals surface area contributed by atoms with E-state index in [4.69, 9.17) is 37.4 Å². The summed E-state index contributed by atoms with van der Waals surface area (Å²) in [6.07, 6.45) is 4.15. The van der Waals surface area contributed by atoms with E-state index in [1.807, 2.05) is 0 Å². The van der Waals surface area contributed by atoms with Gasteiger partial charge in [-0.3, -0.25) is 10.1 Å². The summed E-state index contributed by atoms with van der Waals surface area (Å²) in [4.78, 5) is 28.8. The lowest BCUT2D eigenvalue weighted by molar-refractivity contribution is -0.904. The summed E-state index contributed by atoms with van der Waals surface area (Å²) in [5.74, 6) is -2.33. The summed E-state index contributed by atoms with van der Waals surface area (Å²) < 4.78 is 33.1. The number of carboxylic acids is 1. The predicted octanol–water partition coefficient (Wildman–Crippen LogP) is 5.20. The molecule has 2 N–H and O–H groups in total. The van der Waals surface area contributed by atoms with E-state index >= 15 is 4.39 Å². The van der Waals surface area contributed by atoms with Gasteiger partial charge in [-0.25, -0.2) is 9.18 Å². The Hall–Kier alpha value is -4.58. The lowest BCUT2D eigenvalue weighted by Crippen LogP contribution is -2.52. The lowest BCUT2D eigenvalue weighted by atomic mass is 9.83. The largest absolute Gasteiger partial charge is 0.545 e. The molecule has 3 atom stereocenters. The number of piperidine rings is 3. The van der Waals surface area contributed by atoms with Crippen LogP contribution in [-0.4, -0.2) is 62.0 Å². The number of esters is 1. The van der Waals surface area contributed by atoms with E-state index in [-0.39, 0.29) is 45.2 Å². The smallest absolute Gasteiger partial charge is 0.333 e. The molecule has 50 heavy (non-hydrogen) atoms. The Kier molecular flexibility index (Phi) is 10.7. The quantitative estimate of drug-likeness (QED) is 0.115. The van der Waals surface area contributed by atoms with Gasteiger partial charge in [-0.2, -0.15) is 0 Å². The number of fused-ring (bicyclic) bond motifs is 3. The second-order valence-electron chi connectivity index (χ2n) is 12.5. The molecule has 13 heteroatoms. The number of anilines is 1. The summed E-state index contributed by atoms with van der Waals surface area (Å²) in [5, 5.41) is 26.0. The first-order chi connectivity index (χ1) is 24.1. The summed E-state index contributed by atoms with van der Waals surface area (Å²) in [7, 11) is 2.98. The van der Waals surface area contributed by atoms with Crippen molar-refractivity contribution in [3.05, 3.63) is 117 Å². The minimum absolute atomic E-state index is 0.0794. The SMILES string of the molecule is COc1ccc([C@H](Cc2c(Cl)c[n+](O)cc2Cl)c2cc(NC(C(=O)O[C@H]3CN4CCC3CC4)c3ccccc3F)ccc2C(=O)[O-])cc1OC. The highest BCUT2D eigenvalue weighted by Crippen LogP contribution is 2.40. The number of carboxylic acid groups (broad SMARTS) is 1. The molecule has 2 bridgehead atoms. The monoisotopic (exact) mass is 723 g/mol. The highest BCUT2D eigenvalue weighted by atomic mass is 35.5. The van der Waals surface area contributed by atoms with Gasteiger partial charge in [-0.1, -0.05) is 53.5 Å². The molecule has 1 unspecified atom stereocenters. The van der Waals surface area contributed by atoms with E-state index in [2.05, 4.69) is 10.2 Å². The molecule has 4 heterocycles. The number of aromatic carboxylic acids is 1. The predicted molar refractivity (Wildman–Crippen MR) is 182 cm³/mol. The van der Waals surface area contributed by atoms with Gasteiger partial charge in [0.2, 0.25) is 12.4 Å². The highest BCUT2D eigenvalue weighted by molar-refractivity contribution is 6.35. The van der Waals surface area contributed by atoms with Crippen LogP contribution in [-0.2, 0) is 16.0 Å². The standard InChI is InChI=1S/C37H36Cl2FN3O7/c1-48-32-10-7-22(15-33(32)49-2)26(17-28-29(38)18-43(47)19-30(28)39)27-16-23(8-9-24(27)36(44)45)41-35(25-5-3-4-6-31(25)40)37(46)50-34-20-42-13-11-21(34)12-14-42/h3-10,15-16,18-19,21,26,34-35,41H,11-14,17,20H2,1-2H3,(H-,44,45,47)/t26-,34-,35?/m0/s1. The number of hydrogen-bond donors (Lipinski definition) is 2. The fraction of sp³-hybridized carbons (Fsp3) is 0.324. The molecule has 3 aliphatic heterocycles. The van der Waals surface area contributed by atoms with Gasteiger partial charge in [0.05, 0.1) is 20.2 Å². The molecule has 7 rings (SSSR count). The molecule has 0 saturated carbocycles. The van der Waals surface area contributed by atoms with Crippen molar-refractivity contribution in [2.75, 3.05) is 39.2 Å². The number of carbonyl (C=O) groups excluding carboxylic acids is 2. The summed E-state index contributed by atoms with van der Waals surface area (Å²) >= 11 is 13.1. The molecular formula is C37H36Cl2FN3O7. The maximum Gasteiger partial charge on any atom is 0.333 e. The molecule has 0 amide bonds. The van der Waals surface area contributed by atoms with Gasteiger partial charge in [-0.15, -0.1) is 0 Å². The van der Waals surface area contributed by atoms with Crippen molar-refractivity contribution in [1.29, 1.82) is 0 Å². The Morgan fingerprint density at radius 1 is 1.00 bits per heavy atom. The molecule has 4 aromatic rings. The Bertz CT molecular complexity index is 1880. The van der Waals surface area contributed by atoms with Gasteiger partial charge < -0.3 is 29.4 Å². The molecule has 262 valence electrons. The van der Waals surface area contributed by atoms with Crippen LogP contribution in [0.1, 0.15) is 57.4 Å². The van der Waals surface area contributed by atoms with Crippen molar-refractivity contribution >= 4 is 40.8 Å². The highest BCUT2D eigenvalue weighted by Gasteiger charge is 2.38. The number of benzene rings is 3. The third-order valence-electron chi connectivity index (χ3n) is 9.56. The van der Waals surface area contributed by atoms with Crippen molar-refractivity contribution in [2.24, 2.45) is 5.92 Å². The minimum Gasteiger partial charge on any atom is -0.545 e. The zero-order valence-electron chi connectivity index (χ0n) is 27.4. The molecule has 3 saturated heterocycles. The third-order valence-corrected chi connectivity index (χ3v) is 10.2. The van der Waals surface area contributed by atoms with Gasteiger partial charge in [0.15, 0.2) is 17.5 Å². The maximum absolute atomic E-state index is 15.3. The van der Waals surface area contributed by atoms with Crippen LogP contribution in [0.25, 0.3) is 0 Å². The van der Waals surface area contributed by atoms with Crippen molar-refractivity contribution in [3.8, 4) is 11.5 Å². The first-order valence-electron chi connectivity index (χ1n) is 16.2. The van der Waals surface area contributed by atoms with E-state index in [1.165, 1.54) is 56.9 Å². The van der Waals surface area contributed by atoms with Crippen LogP contribution < -0.4 is 24.6 Å². The topological polar surface area (TPSA) is 124 Å². The van der Waals surface area contributed by atoms with Crippen LogP contribution in [0.3, 0.4) is 0 Å². The molecule has 0 spiro atoms. The average molecular weight is 725 g/mol. The van der Waals surface area contributed by atoms with Crippen LogP contribution >= 0.6 is 23.2 Å². The molecule has 0 radical (unpaired) electrons. The lowest BCUT2D eigenvalue weighted by Gasteiger charge is -2.44. The summed E-state index contributed by atoms with van der Waals surface area (Å²) in [6, 6.07) is 14.3. The fourth-order valence-electron chi connectivity index (χ4n) is 6.94. The summed E-state index contributed by atoms with van der Waals surface area (Å²) in [6.45, 7) is 2.54. The van der Waals surface area contributed by atoms with E-state index in [1.54, 1.807) is 30.3 Å². The number of ether oxygens (including phenoxy) is 3. The minimum atomic E-state index is -1.44. The third kappa shape index (κ3) is 7.45. The fourth-order valence-corrected chi connectivity index (χ4v) is 7.55.